The summed E-state index contributed by atoms with van der Waals surface area (Å²) in [7, 11) is 3.39. The van der Waals surface area contributed by atoms with Gasteiger partial charge < -0.3 is 4.74 Å². The van der Waals surface area contributed by atoms with E-state index in [1.165, 1.54) is 0 Å². The minimum atomic E-state index is 0.521. The molecule has 6 nitrogen and oxygen atoms in total. The average molecular weight is 369 g/mol. The number of methoxy groups -OCH3 is 1. The monoisotopic (exact) mass is 368 g/mol. The van der Waals surface area contributed by atoms with Gasteiger partial charge in [0, 0.05) is 23.2 Å². The highest BCUT2D eigenvalue weighted by Gasteiger charge is 2.13. The molecule has 0 atom stereocenters. The van der Waals surface area contributed by atoms with E-state index in [0.717, 1.165) is 28.0 Å². The molecule has 3 rings (SSSR count). The van der Waals surface area contributed by atoms with Gasteiger partial charge in [-0.15, -0.1) is 0 Å². The summed E-state index contributed by atoms with van der Waals surface area (Å²) < 4.78 is 6.84. The normalized spacial score (nSPS) is 11.3. The summed E-state index contributed by atoms with van der Waals surface area (Å²) in [4.78, 5) is 10.7. The molecule has 26 heavy (non-hydrogen) atoms. The quantitative estimate of drug-likeness (QED) is 0.556. The Labute approximate surface area is 155 Å². The summed E-state index contributed by atoms with van der Waals surface area (Å²) in [5.74, 6) is 0.754. The predicted molar refractivity (Wildman–Crippen MR) is 100 cm³/mol. The van der Waals surface area contributed by atoms with Crippen molar-refractivity contribution in [3.8, 4) is 28.0 Å². The molecule has 3 aromatic rings. The number of aryl methyl sites for hydroxylation is 1. The fourth-order valence-electron chi connectivity index (χ4n) is 2.65. The molecule has 0 fully saturated rings. The topological polar surface area (TPSA) is 68.5 Å². The molecule has 0 unspecified atom stereocenters. The van der Waals surface area contributed by atoms with Crippen LogP contribution in [-0.4, -0.2) is 23.3 Å². The smallest absolute Gasteiger partial charge is 0.227 e. The lowest BCUT2D eigenvalue weighted by Gasteiger charge is -2.13. The van der Waals surface area contributed by atoms with E-state index < -0.39 is 0 Å². The Hall–Kier alpha value is -3.12. The molecule has 0 aliphatic carbocycles. The first kappa shape index (κ1) is 17.7. The second kappa shape index (κ2) is 7.84. The Kier molecular flexibility index (Phi) is 5.34. The van der Waals surface area contributed by atoms with Gasteiger partial charge >= 0.3 is 0 Å². The van der Waals surface area contributed by atoms with Crippen LogP contribution in [0, 0.1) is 0 Å². The molecule has 0 spiro atoms. The number of hydrogen-bond acceptors (Lipinski definition) is 4. The SMILES string of the molecule is COc1ccc(-c2c(-c3ccc(Cl)cc3)cnn(C)/c2=N\NC=O)cc1. The van der Waals surface area contributed by atoms with Crippen LogP contribution in [-0.2, 0) is 11.8 Å². The van der Waals surface area contributed by atoms with Crippen molar-refractivity contribution in [2.45, 2.75) is 0 Å². The van der Waals surface area contributed by atoms with Gasteiger partial charge in [-0.2, -0.15) is 10.2 Å². The standard InChI is InChI=1S/C19H17ClN4O2/c1-24-19(23-21-12-25)18(14-5-9-16(26-2)10-6-14)17(11-22-24)13-3-7-15(20)8-4-13/h3-12H,1-2H3,(H,21,25)/b23-19-. The second-order valence-corrected chi connectivity index (χ2v) is 5.91. The number of hydrogen-bond donors (Lipinski definition) is 1. The van der Waals surface area contributed by atoms with E-state index in [1.54, 1.807) is 25.0 Å². The van der Waals surface area contributed by atoms with Gasteiger partial charge in [-0.3, -0.25) is 4.79 Å². The summed E-state index contributed by atoms with van der Waals surface area (Å²) in [5, 5.41) is 9.19. The lowest BCUT2D eigenvalue weighted by molar-refractivity contribution is -0.109. The average Bonchev–Trinajstić information content (AvgIpc) is 2.68. The van der Waals surface area contributed by atoms with Gasteiger partial charge in [0.25, 0.3) is 0 Å². The zero-order valence-corrected chi connectivity index (χ0v) is 15.1. The summed E-state index contributed by atoms with van der Waals surface area (Å²) in [5.41, 5.74) is 6.45. The van der Waals surface area contributed by atoms with Gasteiger partial charge in [0.2, 0.25) is 6.41 Å². The van der Waals surface area contributed by atoms with Crippen LogP contribution in [0.4, 0.5) is 0 Å². The van der Waals surface area contributed by atoms with E-state index in [2.05, 4.69) is 15.6 Å². The van der Waals surface area contributed by atoms with Crippen molar-refractivity contribution in [2.24, 2.45) is 12.1 Å². The summed E-state index contributed by atoms with van der Waals surface area (Å²) in [6, 6.07) is 15.1. The first-order chi connectivity index (χ1) is 12.6. The minimum absolute atomic E-state index is 0.521. The summed E-state index contributed by atoms with van der Waals surface area (Å²) in [6.07, 6.45) is 2.29. The molecule has 1 N–H and O–H groups in total. The number of benzene rings is 2. The zero-order chi connectivity index (χ0) is 18.5. The molecule has 0 bridgehead atoms. The van der Waals surface area contributed by atoms with Crippen LogP contribution in [0.5, 0.6) is 5.75 Å². The molecule has 0 aliphatic heterocycles. The minimum Gasteiger partial charge on any atom is -0.497 e. The van der Waals surface area contributed by atoms with Gasteiger partial charge in [0.15, 0.2) is 5.49 Å². The van der Waals surface area contributed by atoms with Crippen LogP contribution in [0.25, 0.3) is 22.3 Å². The van der Waals surface area contributed by atoms with Crippen molar-refractivity contribution in [1.29, 1.82) is 0 Å². The molecule has 1 heterocycles. The summed E-state index contributed by atoms with van der Waals surface area (Å²) in [6.45, 7) is 0. The van der Waals surface area contributed by atoms with Crippen LogP contribution in [0.2, 0.25) is 5.02 Å². The molecule has 7 heteroatoms. The molecule has 0 radical (unpaired) electrons. The predicted octanol–water partition coefficient (Wildman–Crippen LogP) is 2.98. The molecule has 0 saturated heterocycles. The molecule has 1 aromatic heterocycles. The number of halogens is 1. The van der Waals surface area contributed by atoms with E-state index in [-0.39, 0.29) is 0 Å². The maximum absolute atomic E-state index is 10.7. The van der Waals surface area contributed by atoms with Gasteiger partial charge in [0.05, 0.1) is 13.3 Å². The van der Waals surface area contributed by atoms with Gasteiger partial charge in [-0.1, -0.05) is 35.9 Å². The zero-order valence-electron chi connectivity index (χ0n) is 14.3. The van der Waals surface area contributed by atoms with Gasteiger partial charge in [-0.05, 0) is 35.4 Å². The van der Waals surface area contributed by atoms with Crippen molar-refractivity contribution in [1.82, 2.24) is 15.2 Å². The lowest BCUT2D eigenvalue weighted by Crippen LogP contribution is -2.26. The number of nitrogens with zero attached hydrogens (tertiary/aromatic N) is 3. The number of carbonyl (C=O) groups excluding carboxylic acids is 1. The van der Waals surface area contributed by atoms with Crippen LogP contribution in [0.1, 0.15) is 0 Å². The maximum Gasteiger partial charge on any atom is 0.227 e. The Bertz CT molecular complexity index is 980. The molecular weight excluding hydrogens is 352 g/mol. The molecule has 2 aromatic carbocycles. The summed E-state index contributed by atoms with van der Waals surface area (Å²) >= 11 is 6.01. The van der Waals surface area contributed by atoms with E-state index in [1.807, 2.05) is 48.5 Å². The van der Waals surface area contributed by atoms with E-state index >= 15 is 0 Å². The maximum atomic E-state index is 10.7. The number of aromatic nitrogens is 2. The number of ether oxygens (including phenoxy) is 1. The third-order valence-electron chi connectivity index (χ3n) is 3.92. The highest BCUT2D eigenvalue weighted by atomic mass is 35.5. The van der Waals surface area contributed by atoms with Crippen molar-refractivity contribution in [3.05, 3.63) is 65.2 Å². The van der Waals surface area contributed by atoms with Crippen molar-refractivity contribution < 1.29 is 9.53 Å². The van der Waals surface area contributed by atoms with E-state index in [0.29, 0.717) is 16.9 Å². The third kappa shape index (κ3) is 3.60. The molecule has 0 aliphatic rings. The fraction of sp³-hybridized carbons (Fsp3) is 0.105. The van der Waals surface area contributed by atoms with Crippen molar-refractivity contribution in [3.63, 3.8) is 0 Å². The van der Waals surface area contributed by atoms with Gasteiger partial charge in [0.1, 0.15) is 5.75 Å². The lowest BCUT2D eigenvalue weighted by atomic mass is 9.97. The molecular formula is C19H17ClN4O2. The number of amides is 1. The third-order valence-corrected chi connectivity index (χ3v) is 4.17. The Morgan fingerprint density at radius 1 is 1.12 bits per heavy atom. The molecule has 0 saturated carbocycles. The molecule has 132 valence electrons. The number of rotatable bonds is 5. The fourth-order valence-corrected chi connectivity index (χ4v) is 2.78. The first-order valence-electron chi connectivity index (χ1n) is 7.83. The highest BCUT2D eigenvalue weighted by molar-refractivity contribution is 6.30. The Balaban J connectivity index is 2.30. The molecule has 1 amide bonds. The number of carbonyl (C=O) groups is 1. The Morgan fingerprint density at radius 2 is 1.77 bits per heavy atom. The van der Waals surface area contributed by atoms with Crippen LogP contribution < -0.4 is 15.7 Å². The van der Waals surface area contributed by atoms with Gasteiger partial charge in [-0.25, -0.2) is 10.1 Å². The largest absolute Gasteiger partial charge is 0.497 e. The van der Waals surface area contributed by atoms with Crippen LogP contribution in [0.15, 0.2) is 59.8 Å². The Morgan fingerprint density at radius 3 is 2.38 bits per heavy atom. The van der Waals surface area contributed by atoms with E-state index in [9.17, 15) is 4.79 Å². The van der Waals surface area contributed by atoms with Crippen LogP contribution in [0.3, 0.4) is 0 Å². The highest BCUT2D eigenvalue weighted by Crippen LogP contribution is 2.30. The van der Waals surface area contributed by atoms with Crippen LogP contribution >= 0.6 is 11.6 Å². The van der Waals surface area contributed by atoms with E-state index in [4.69, 9.17) is 16.3 Å². The number of nitrogens with one attached hydrogen (secondary N) is 1. The van der Waals surface area contributed by atoms with Crippen molar-refractivity contribution >= 4 is 18.0 Å². The van der Waals surface area contributed by atoms with Crippen molar-refractivity contribution in [2.75, 3.05) is 7.11 Å². The first-order valence-corrected chi connectivity index (χ1v) is 8.21. The second-order valence-electron chi connectivity index (χ2n) is 5.47.